The minimum atomic E-state index is -4.24. The Hall–Kier alpha value is -0.330. The molecule has 0 radical (unpaired) electrons. The van der Waals surface area contributed by atoms with E-state index in [-0.39, 0.29) is 12.2 Å². The second-order valence-corrected chi connectivity index (χ2v) is 4.13. The first kappa shape index (κ1) is 15.7. The van der Waals surface area contributed by atoms with Crippen molar-refractivity contribution in [3.63, 3.8) is 0 Å². The van der Waals surface area contributed by atoms with Gasteiger partial charge in [-0.2, -0.15) is 13.2 Å². The van der Waals surface area contributed by atoms with E-state index in [1.54, 1.807) is 7.11 Å². The zero-order valence-electron chi connectivity index (χ0n) is 9.99. The minimum Gasteiger partial charge on any atom is -0.379 e. The number of halogens is 3. The van der Waals surface area contributed by atoms with Gasteiger partial charge in [0.1, 0.15) is 6.61 Å². The Kier molecular flexibility index (Phi) is 6.94. The highest BCUT2D eigenvalue weighted by Crippen LogP contribution is 2.14. The lowest BCUT2D eigenvalue weighted by Gasteiger charge is -2.22. The summed E-state index contributed by atoms with van der Waals surface area (Å²) in [6, 6.07) is 0. The predicted molar refractivity (Wildman–Crippen MR) is 55.4 cm³/mol. The van der Waals surface area contributed by atoms with Crippen molar-refractivity contribution in [2.24, 2.45) is 0 Å². The summed E-state index contributed by atoms with van der Waals surface area (Å²) < 4.78 is 44.6. The number of hydrogen-bond acceptors (Lipinski definition) is 3. The van der Waals surface area contributed by atoms with Gasteiger partial charge in [-0.05, 0) is 26.8 Å². The maximum Gasteiger partial charge on any atom is 0.411 e. The summed E-state index contributed by atoms with van der Waals surface area (Å²) in [5.74, 6) is 0. The standard InChI is InChI=1S/C10H20F3NO2/c1-9(2,15-3)4-5-14-6-7-16-8-10(11,12)13/h14H,4-8H2,1-3H3. The van der Waals surface area contributed by atoms with Gasteiger partial charge in [-0.1, -0.05) is 0 Å². The second kappa shape index (κ2) is 7.09. The molecule has 0 spiro atoms. The van der Waals surface area contributed by atoms with E-state index in [0.29, 0.717) is 13.1 Å². The lowest BCUT2D eigenvalue weighted by Crippen LogP contribution is -2.31. The van der Waals surface area contributed by atoms with Crippen LogP contribution in [0, 0.1) is 0 Å². The molecule has 98 valence electrons. The molecule has 0 bridgehead atoms. The Labute approximate surface area is 94.3 Å². The van der Waals surface area contributed by atoms with Gasteiger partial charge >= 0.3 is 6.18 Å². The summed E-state index contributed by atoms with van der Waals surface area (Å²) in [6.45, 7) is 3.89. The molecule has 6 heteroatoms. The van der Waals surface area contributed by atoms with Crippen LogP contribution in [0.3, 0.4) is 0 Å². The largest absolute Gasteiger partial charge is 0.411 e. The molecule has 0 fully saturated rings. The molecule has 3 nitrogen and oxygen atoms in total. The average Bonchev–Trinajstić information content (AvgIpc) is 2.14. The fourth-order valence-corrected chi connectivity index (χ4v) is 0.949. The fourth-order valence-electron chi connectivity index (χ4n) is 0.949. The van der Waals surface area contributed by atoms with Gasteiger partial charge in [0.15, 0.2) is 0 Å². The Morgan fingerprint density at radius 3 is 2.25 bits per heavy atom. The Balaban J connectivity index is 3.29. The predicted octanol–water partition coefficient (Wildman–Crippen LogP) is 1.97. The van der Waals surface area contributed by atoms with Crippen LogP contribution in [-0.4, -0.2) is 45.2 Å². The van der Waals surface area contributed by atoms with Gasteiger partial charge in [0, 0.05) is 13.7 Å². The molecule has 0 aliphatic rings. The molecule has 0 heterocycles. The highest BCUT2D eigenvalue weighted by molar-refractivity contribution is 4.68. The number of methoxy groups -OCH3 is 1. The normalized spacial score (nSPS) is 13.1. The molecule has 0 aromatic carbocycles. The molecular weight excluding hydrogens is 223 g/mol. The van der Waals surface area contributed by atoms with Gasteiger partial charge in [0.25, 0.3) is 0 Å². The molecule has 0 aliphatic heterocycles. The molecule has 16 heavy (non-hydrogen) atoms. The molecule has 0 rings (SSSR count). The molecule has 0 amide bonds. The molecular formula is C10H20F3NO2. The van der Waals surface area contributed by atoms with Crippen molar-refractivity contribution in [2.45, 2.75) is 32.0 Å². The van der Waals surface area contributed by atoms with E-state index in [2.05, 4.69) is 10.1 Å². The first-order valence-corrected chi connectivity index (χ1v) is 5.17. The van der Waals surface area contributed by atoms with Crippen molar-refractivity contribution in [3.8, 4) is 0 Å². The topological polar surface area (TPSA) is 30.5 Å². The molecule has 0 saturated heterocycles. The summed E-state index contributed by atoms with van der Waals surface area (Å²) in [5, 5.41) is 2.99. The molecule has 0 aromatic heterocycles. The first-order chi connectivity index (χ1) is 7.27. The van der Waals surface area contributed by atoms with Gasteiger partial charge in [-0.3, -0.25) is 0 Å². The lowest BCUT2D eigenvalue weighted by atomic mass is 10.1. The van der Waals surface area contributed by atoms with Gasteiger partial charge < -0.3 is 14.8 Å². The highest BCUT2D eigenvalue weighted by Gasteiger charge is 2.27. The monoisotopic (exact) mass is 243 g/mol. The Morgan fingerprint density at radius 2 is 1.75 bits per heavy atom. The van der Waals surface area contributed by atoms with Crippen LogP contribution in [0.15, 0.2) is 0 Å². The molecule has 0 atom stereocenters. The van der Waals surface area contributed by atoms with E-state index in [4.69, 9.17) is 4.74 Å². The smallest absolute Gasteiger partial charge is 0.379 e. The molecule has 0 unspecified atom stereocenters. The zero-order chi connectivity index (χ0) is 12.7. The third-order valence-electron chi connectivity index (χ3n) is 2.15. The third kappa shape index (κ3) is 10.2. The van der Waals surface area contributed by atoms with E-state index in [1.807, 2.05) is 13.8 Å². The van der Waals surface area contributed by atoms with Crippen molar-refractivity contribution in [2.75, 3.05) is 33.4 Å². The van der Waals surface area contributed by atoms with Gasteiger partial charge in [0.2, 0.25) is 0 Å². The summed E-state index contributed by atoms with van der Waals surface area (Å²) in [4.78, 5) is 0. The second-order valence-electron chi connectivity index (χ2n) is 4.13. The quantitative estimate of drug-likeness (QED) is 0.661. The molecule has 0 saturated carbocycles. The van der Waals surface area contributed by atoms with Gasteiger partial charge in [0.05, 0.1) is 12.2 Å². The Bertz CT molecular complexity index is 183. The Morgan fingerprint density at radius 1 is 1.12 bits per heavy atom. The van der Waals surface area contributed by atoms with Crippen LogP contribution in [0.4, 0.5) is 13.2 Å². The van der Waals surface area contributed by atoms with Crippen molar-refractivity contribution in [1.29, 1.82) is 0 Å². The zero-order valence-corrected chi connectivity index (χ0v) is 9.99. The van der Waals surface area contributed by atoms with E-state index < -0.39 is 12.8 Å². The van der Waals surface area contributed by atoms with E-state index in [1.165, 1.54) is 0 Å². The molecule has 0 aliphatic carbocycles. The van der Waals surface area contributed by atoms with Crippen molar-refractivity contribution in [1.82, 2.24) is 5.32 Å². The van der Waals surface area contributed by atoms with Crippen LogP contribution >= 0.6 is 0 Å². The van der Waals surface area contributed by atoms with Gasteiger partial charge in [-0.25, -0.2) is 0 Å². The van der Waals surface area contributed by atoms with E-state index in [9.17, 15) is 13.2 Å². The first-order valence-electron chi connectivity index (χ1n) is 5.17. The maximum atomic E-state index is 11.7. The van der Waals surface area contributed by atoms with Crippen LogP contribution in [0.25, 0.3) is 0 Å². The molecule has 0 aromatic rings. The van der Waals surface area contributed by atoms with Gasteiger partial charge in [-0.15, -0.1) is 0 Å². The van der Waals surface area contributed by atoms with Crippen LogP contribution in [-0.2, 0) is 9.47 Å². The van der Waals surface area contributed by atoms with Crippen LogP contribution in [0.1, 0.15) is 20.3 Å². The minimum absolute atomic E-state index is 0.0624. The fraction of sp³-hybridized carbons (Fsp3) is 1.00. The lowest BCUT2D eigenvalue weighted by molar-refractivity contribution is -0.173. The SMILES string of the molecule is COC(C)(C)CCNCCOCC(F)(F)F. The number of alkyl halides is 3. The summed E-state index contributed by atoms with van der Waals surface area (Å²) in [5.41, 5.74) is -0.209. The number of nitrogens with one attached hydrogen (secondary N) is 1. The number of ether oxygens (including phenoxy) is 2. The summed E-state index contributed by atoms with van der Waals surface area (Å²) in [7, 11) is 1.63. The van der Waals surface area contributed by atoms with E-state index in [0.717, 1.165) is 6.42 Å². The van der Waals surface area contributed by atoms with Crippen molar-refractivity contribution < 1.29 is 22.6 Å². The average molecular weight is 243 g/mol. The highest BCUT2D eigenvalue weighted by atomic mass is 19.4. The molecule has 1 N–H and O–H groups in total. The number of rotatable bonds is 8. The van der Waals surface area contributed by atoms with Crippen LogP contribution in [0.5, 0.6) is 0 Å². The maximum absolute atomic E-state index is 11.7. The summed E-state index contributed by atoms with van der Waals surface area (Å²) in [6.07, 6.45) is -3.44. The third-order valence-corrected chi connectivity index (χ3v) is 2.15. The number of hydrogen-bond donors (Lipinski definition) is 1. The van der Waals surface area contributed by atoms with Crippen molar-refractivity contribution >= 4 is 0 Å². The van der Waals surface area contributed by atoms with Crippen LogP contribution in [0.2, 0.25) is 0 Å². The van der Waals surface area contributed by atoms with E-state index >= 15 is 0 Å². The summed E-state index contributed by atoms with van der Waals surface area (Å²) >= 11 is 0. The van der Waals surface area contributed by atoms with Crippen molar-refractivity contribution in [3.05, 3.63) is 0 Å². The van der Waals surface area contributed by atoms with Crippen LogP contribution < -0.4 is 5.32 Å².